The number of unbranched alkanes of at least 4 members (excludes halogenated alkanes) is 53. The number of nitrogens with one attached hydrogen (secondary N) is 1. The Morgan fingerprint density at radius 3 is 0.934 bits per heavy atom. The van der Waals surface area contributed by atoms with E-state index in [4.69, 9.17) is 4.74 Å². The van der Waals surface area contributed by atoms with Crippen LogP contribution >= 0.6 is 0 Å². The van der Waals surface area contributed by atoms with E-state index in [0.717, 1.165) is 38.5 Å². The average Bonchev–Trinajstić information content (AvgIpc) is 3.42. The first-order chi connectivity index (χ1) is 37.5. The van der Waals surface area contributed by atoms with Crippen molar-refractivity contribution in [3.63, 3.8) is 0 Å². The van der Waals surface area contributed by atoms with Gasteiger partial charge in [-0.15, -0.1) is 0 Å². The van der Waals surface area contributed by atoms with Gasteiger partial charge >= 0.3 is 5.97 Å². The molecule has 3 N–H and O–H groups in total. The van der Waals surface area contributed by atoms with Crippen LogP contribution in [0, 0.1) is 0 Å². The highest BCUT2D eigenvalue weighted by Crippen LogP contribution is 2.19. The Hall–Kier alpha value is -1.40. The summed E-state index contributed by atoms with van der Waals surface area (Å²) < 4.78 is 5.50. The van der Waals surface area contributed by atoms with E-state index in [9.17, 15) is 19.8 Å². The predicted molar refractivity (Wildman–Crippen MR) is 333 cm³/mol. The third-order valence-corrected chi connectivity index (χ3v) is 16.6. The van der Waals surface area contributed by atoms with E-state index in [1.165, 1.54) is 327 Å². The molecule has 0 aromatic carbocycles. The van der Waals surface area contributed by atoms with Crippen LogP contribution in [0.5, 0.6) is 0 Å². The van der Waals surface area contributed by atoms with Gasteiger partial charge in [0.25, 0.3) is 0 Å². The molecule has 0 heterocycles. The molecule has 0 spiro atoms. The minimum absolute atomic E-state index is 0.0146. The zero-order valence-electron chi connectivity index (χ0n) is 51.8. The summed E-state index contributed by atoms with van der Waals surface area (Å²) in [4.78, 5) is 24.6. The van der Waals surface area contributed by atoms with Crippen molar-refractivity contribution < 1.29 is 24.5 Å². The Morgan fingerprint density at radius 2 is 0.618 bits per heavy atom. The number of carbonyl (C=O) groups is 2. The maximum absolute atomic E-state index is 12.5. The minimum atomic E-state index is -0.669. The summed E-state index contributed by atoms with van der Waals surface area (Å²) in [5.41, 5.74) is 0. The lowest BCUT2D eigenvalue weighted by atomic mass is 10.0. The highest BCUT2D eigenvalue weighted by atomic mass is 16.5. The van der Waals surface area contributed by atoms with Gasteiger partial charge in [0.1, 0.15) is 0 Å². The number of carbonyl (C=O) groups excluding carboxylic acids is 2. The fraction of sp³-hybridized carbons (Fsp3) is 0.943. The van der Waals surface area contributed by atoms with Crippen LogP contribution in [0.15, 0.2) is 12.2 Å². The number of allylic oxidation sites excluding steroid dienone is 2. The van der Waals surface area contributed by atoms with E-state index >= 15 is 0 Å². The Morgan fingerprint density at radius 1 is 0.355 bits per heavy atom. The predicted octanol–water partition coefficient (Wildman–Crippen LogP) is 22.4. The van der Waals surface area contributed by atoms with Gasteiger partial charge in [0.2, 0.25) is 5.91 Å². The standard InChI is InChI=1S/C70H137NO5/c1-3-5-7-9-11-13-15-17-19-21-22-25-28-31-34-38-42-46-50-54-58-62-68(73)67(66-72)71-69(74)63-59-55-51-47-43-39-35-32-29-26-23-24-27-30-33-37-41-45-49-53-57-61-65-76-70(75)64-60-56-52-48-44-40-36-20-18-16-14-12-10-8-6-4-2/h26,29,67-68,72-73H,3-25,27-28,30-66H2,1-2H3,(H,71,74)/b29-26-. The fourth-order valence-corrected chi connectivity index (χ4v) is 11.2. The van der Waals surface area contributed by atoms with E-state index in [1.807, 2.05) is 0 Å². The monoisotopic (exact) mass is 1070 g/mol. The van der Waals surface area contributed by atoms with Crippen molar-refractivity contribution in [2.75, 3.05) is 13.2 Å². The smallest absolute Gasteiger partial charge is 0.305 e. The van der Waals surface area contributed by atoms with Crippen LogP contribution in [0.3, 0.4) is 0 Å². The number of ether oxygens (including phenoxy) is 1. The second kappa shape index (κ2) is 66.1. The fourth-order valence-electron chi connectivity index (χ4n) is 11.2. The molecule has 0 radical (unpaired) electrons. The molecule has 1 amide bonds. The van der Waals surface area contributed by atoms with Gasteiger partial charge in [0, 0.05) is 12.8 Å². The van der Waals surface area contributed by atoms with Crippen molar-refractivity contribution in [1.82, 2.24) is 5.32 Å². The number of hydrogen-bond acceptors (Lipinski definition) is 5. The van der Waals surface area contributed by atoms with Crippen molar-refractivity contribution in [2.24, 2.45) is 0 Å². The molecule has 2 unspecified atom stereocenters. The molecular formula is C70H137NO5. The van der Waals surface area contributed by atoms with E-state index in [0.29, 0.717) is 25.9 Å². The average molecular weight is 1070 g/mol. The van der Waals surface area contributed by atoms with Gasteiger partial charge in [-0.1, -0.05) is 347 Å². The number of amides is 1. The maximum Gasteiger partial charge on any atom is 0.305 e. The first kappa shape index (κ1) is 74.6. The molecule has 76 heavy (non-hydrogen) atoms. The number of hydrogen-bond donors (Lipinski definition) is 3. The molecule has 0 saturated carbocycles. The van der Waals surface area contributed by atoms with Crippen LogP contribution in [-0.2, 0) is 14.3 Å². The summed E-state index contributed by atoms with van der Waals surface area (Å²) in [5, 5.41) is 23.4. The molecular weight excluding hydrogens is 935 g/mol. The van der Waals surface area contributed by atoms with E-state index in [-0.39, 0.29) is 18.5 Å². The number of aliphatic hydroxyl groups is 2. The summed E-state index contributed by atoms with van der Waals surface area (Å²) in [7, 11) is 0. The summed E-state index contributed by atoms with van der Waals surface area (Å²) in [5.74, 6) is -0.0226. The Labute approximate surface area is 476 Å². The third kappa shape index (κ3) is 61.8. The molecule has 452 valence electrons. The molecule has 6 heteroatoms. The van der Waals surface area contributed by atoms with Crippen LogP contribution in [0.2, 0.25) is 0 Å². The highest BCUT2D eigenvalue weighted by Gasteiger charge is 2.20. The molecule has 0 saturated heterocycles. The summed E-state index contributed by atoms with van der Waals surface area (Å²) in [6.45, 7) is 4.99. The molecule has 0 bridgehead atoms. The van der Waals surface area contributed by atoms with Crippen molar-refractivity contribution in [1.29, 1.82) is 0 Å². The topological polar surface area (TPSA) is 95.9 Å². The Bertz CT molecular complexity index is 1140. The molecule has 2 atom stereocenters. The first-order valence-electron chi connectivity index (χ1n) is 34.9. The van der Waals surface area contributed by atoms with Crippen molar-refractivity contribution in [2.45, 2.75) is 411 Å². The van der Waals surface area contributed by atoms with Gasteiger partial charge < -0.3 is 20.3 Å². The number of esters is 1. The second-order valence-electron chi connectivity index (χ2n) is 24.2. The quantitative estimate of drug-likeness (QED) is 0.0320. The lowest BCUT2D eigenvalue weighted by Gasteiger charge is -2.22. The van der Waals surface area contributed by atoms with Crippen LogP contribution in [0.4, 0.5) is 0 Å². The lowest BCUT2D eigenvalue weighted by molar-refractivity contribution is -0.143. The molecule has 0 fully saturated rings. The van der Waals surface area contributed by atoms with Crippen molar-refractivity contribution >= 4 is 11.9 Å². The second-order valence-corrected chi connectivity index (χ2v) is 24.2. The third-order valence-electron chi connectivity index (χ3n) is 16.6. The first-order valence-corrected chi connectivity index (χ1v) is 34.9. The van der Waals surface area contributed by atoms with Gasteiger partial charge in [-0.2, -0.15) is 0 Å². The molecule has 0 aliphatic rings. The molecule has 0 aliphatic heterocycles. The Balaban J connectivity index is 3.40. The SMILES string of the molecule is CCCCCCCCCCCCCCCCCCCCCCCC(O)C(CO)NC(=O)CCCCCCCCC/C=C\CCCCCCCCCCCCCOC(=O)CCCCCCCCCCCCCCCCCC. The van der Waals surface area contributed by atoms with Crippen LogP contribution < -0.4 is 5.32 Å². The van der Waals surface area contributed by atoms with Crippen LogP contribution in [0.25, 0.3) is 0 Å². The van der Waals surface area contributed by atoms with E-state index in [2.05, 4.69) is 31.3 Å². The van der Waals surface area contributed by atoms with Crippen LogP contribution in [0.1, 0.15) is 399 Å². The van der Waals surface area contributed by atoms with Gasteiger partial charge in [-0.25, -0.2) is 0 Å². The molecule has 0 aromatic heterocycles. The maximum atomic E-state index is 12.5. The normalized spacial score (nSPS) is 12.5. The minimum Gasteiger partial charge on any atom is -0.466 e. The van der Waals surface area contributed by atoms with Crippen molar-refractivity contribution in [3.05, 3.63) is 12.2 Å². The van der Waals surface area contributed by atoms with Gasteiger partial charge in [-0.3, -0.25) is 9.59 Å². The van der Waals surface area contributed by atoms with Crippen molar-refractivity contribution in [3.8, 4) is 0 Å². The largest absolute Gasteiger partial charge is 0.466 e. The molecule has 0 aromatic rings. The summed E-state index contributed by atoms with van der Waals surface area (Å²) in [6.07, 6.45) is 81.0. The summed E-state index contributed by atoms with van der Waals surface area (Å²) in [6, 6.07) is -0.547. The van der Waals surface area contributed by atoms with E-state index < -0.39 is 12.1 Å². The molecule has 0 rings (SSSR count). The molecule has 0 aliphatic carbocycles. The Kier molecular flexibility index (Phi) is 64.9. The summed E-state index contributed by atoms with van der Waals surface area (Å²) >= 11 is 0. The van der Waals surface area contributed by atoms with E-state index in [1.54, 1.807) is 0 Å². The van der Waals surface area contributed by atoms with Gasteiger partial charge in [0.15, 0.2) is 0 Å². The zero-order chi connectivity index (χ0) is 55.0. The van der Waals surface area contributed by atoms with Gasteiger partial charge in [0.05, 0.1) is 25.4 Å². The number of rotatable bonds is 66. The van der Waals surface area contributed by atoms with Crippen LogP contribution in [-0.4, -0.2) is 47.4 Å². The highest BCUT2D eigenvalue weighted by molar-refractivity contribution is 5.76. The molecule has 6 nitrogen and oxygen atoms in total. The lowest BCUT2D eigenvalue weighted by Crippen LogP contribution is -2.45. The number of aliphatic hydroxyl groups excluding tert-OH is 2. The van der Waals surface area contributed by atoms with Gasteiger partial charge in [-0.05, 0) is 51.4 Å². The zero-order valence-corrected chi connectivity index (χ0v) is 51.8.